The van der Waals surface area contributed by atoms with Crippen LogP contribution in [0.1, 0.15) is 12.5 Å². The first-order valence-corrected chi connectivity index (χ1v) is 9.43. The van der Waals surface area contributed by atoms with Crippen molar-refractivity contribution in [3.63, 3.8) is 0 Å². The minimum absolute atomic E-state index is 0.100. The average molecular weight is 416 g/mol. The zero-order valence-electron chi connectivity index (χ0n) is 18.0. The van der Waals surface area contributed by atoms with E-state index in [9.17, 15) is 14.9 Å². The summed E-state index contributed by atoms with van der Waals surface area (Å²) in [6.07, 6.45) is 0. The van der Waals surface area contributed by atoms with Gasteiger partial charge in [0.25, 0.3) is 5.69 Å². The van der Waals surface area contributed by atoms with E-state index in [0.29, 0.717) is 18.0 Å². The van der Waals surface area contributed by atoms with Crippen LogP contribution in [0.3, 0.4) is 0 Å². The summed E-state index contributed by atoms with van der Waals surface area (Å²) in [4.78, 5) is 26.6. The predicted molar refractivity (Wildman–Crippen MR) is 117 cm³/mol. The highest BCUT2D eigenvalue weighted by atomic mass is 16.6. The van der Waals surface area contributed by atoms with Gasteiger partial charge in [-0.25, -0.2) is 0 Å². The molecular formula is C21H28N4O5. The fourth-order valence-corrected chi connectivity index (χ4v) is 2.77. The van der Waals surface area contributed by atoms with E-state index in [0.717, 1.165) is 17.9 Å². The molecule has 2 aromatic rings. The number of ether oxygens (including phenoxy) is 2. The zero-order chi connectivity index (χ0) is 22.3. The van der Waals surface area contributed by atoms with Crippen molar-refractivity contribution in [1.82, 2.24) is 4.90 Å². The number of hydrogen-bond donors (Lipinski definition) is 1. The third-order valence-corrected chi connectivity index (χ3v) is 4.43. The maximum atomic E-state index is 11.7. The molecular weight excluding hydrogens is 388 g/mol. The van der Waals surface area contributed by atoms with E-state index in [1.54, 1.807) is 25.1 Å². The van der Waals surface area contributed by atoms with E-state index < -0.39 is 4.92 Å². The number of hydrogen-bond acceptors (Lipinski definition) is 7. The van der Waals surface area contributed by atoms with Crippen LogP contribution in [-0.2, 0) is 11.4 Å². The number of likely N-dealkylation sites (N-methyl/N-ethyl adjacent to an activating group) is 2. The molecule has 0 radical (unpaired) electrons. The predicted octanol–water partition coefficient (Wildman–Crippen LogP) is 3.14. The number of nitro benzene ring substituents is 1. The van der Waals surface area contributed by atoms with Crippen LogP contribution in [0.4, 0.5) is 17.1 Å². The van der Waals surface area contributed by atoms with Gasteiger partial charge in [0.15, 0.2) is 0 Å². The van der Waals surface area contributed by atoms with Crippen LogP contribution in [0.25, 0.3) is 0 Å². The summed E-state index contributed by atoms with van der Waals surface area (Å²) in [5, 5.41) is 14.3. The molecule has 1 amide bonds. The Balaban J connectivity index is 2.37. The average Bonchev–Trinajstić information content (AvgIpc) is 2.70. The van der Waals surface area contributed by atoms with Gasteiger partial charge in [0.05, 0.1) is 17.7 Å². The number of nitro groups is 1. The summed E-state index contributed by atoms with van der Waals surface area (Å²) in [6, 6.07) is 10.3. The number of benzene rings is 2. The molecule has 0 aliphatic carbocycles. The van der Waals surface area contributed by atoms with E-state index in [-0.39, 0.29) is 23.9 Å². The van der Waals surface area contributed by atoms with Crippen molar-refractivity contribution in [1.29, 1.82) is 0 Å². The molecule has 0 bridgehead atoms. The summed E-state index contributed by atoms with van der Waals surface area (Å²) in [5.41, 5.74) is 1.47. The monoisotopic (exact) mass is 416 g/mol. The van der Waals surface area contributed by atoms with E-state index in [2.05, 4.69) is 5.32 Å². The van der Waals surface area contributed by atoms with Crippen molar-refractivity contribution >= 4 is 23.0 Å². The first-order valence-electron chi connectivity index (χ1n) is 9.43. The number of nitrogens with one attached hydrogen (secondary N) is 1. The lowest BCUT2D eigenvalue weighted by atomic mass is 10.2. The van der Waals surface area contributed by atoms with Crippen molar-refractivity contribution in [3.8, 4) is 11.5 Å². The second-order valence-corrected chi connectivity index (χ2v) is 7.14. The molecule has 162 valence electrons. The van der Waals surface area contributed by atoms with Crippen LogP contribution in [0.5, 0.6) is 11.5 Å². The second-order valence-electron chi connectivity index (χ2n) is 7.14. The lowest BCUT2D eigenvalue weighted by molar-refractivity contribution is -0.384. The highest BCUT2D eigenvalue weighted by Gasteiger charge is 2.22. The Morgan fingerprint density at radius 1 is 1.13 bits per heavy atom. The van der Waals surface area contributed by atoms with Crippen LogP contribution in [0.2, 0.25) is 0 Å². The van der Waals surface area contributed by atoms with Gasteiger partial charge in [0.1, 0.15) is 23.8 Å². The molecule has 0 unspecified atom stereocenters. The van der Waals surface area contributed by atoms with Crippen LogP contribution < -0.4 is 19.7 Å². The van der Waals surface area contributed by atoms with Gasteiger partial charge in [0, 0.05) is 39.2 Å². The zero-order valence-corrected chi connectivity index (χ0v) is 18.0. The van der Waals surface area contributed by atoms with Gasteiger partial charge in [-0.05, 0) is 31.8 Å². The highest BCUT2D eigenvalue weighted by molar-refractivity contribution is 5.92. The van der Waals surface area contributed by atoms with Crippen LogP contribution in [0.15, 0.2) is 36.4 Å². The standard InChI is InChI=1S/C21H28N4O5/c1-15(26)22-18-12-20(25(27)28)19(24(4)11-10-23(2)3)13-21(18)30-14-16-6-8-17(29-5)9-7-16/h6-9,12-13H,10-11,14H2,1-5H3,(H,22,26). The molecule has 0 aromatic heterocycles. The number of anilines is 2. The lowest BCUT2D eigenvalue weighted by Gasteiger charge is -2.23. The van der Waals surface area contributed by atoms with Crippen molar-refractivity contribution < 1.29 is 19.2 Å². The minimum Gasteiger partial charge on any atom is -0.497 e. The summed E-state index contributed by atoms with van der Waals surface area (Å²) >= 11 is 0. The maximum absolute atomic E-state index is 11.7. The maximum Gasteiger partial charge on any atom is 0.294 e. The molecule has 0 aliphatic heterocycles. The SMILES string of the molecule is COc1ccc(COc2cc(N(C)CCN(C)C)c([N+](=O)[O-])cc2NC(C)=O)cc1. The topological polar surface area (TPSA) is 97.2 Å². The van der Waals surface area contributed by atoms with Crippen LogP contribution >= 0.6 is 0 Å². The smallest absolute Gasteiger partial charge is 0.294 e. The molecule has 0 aliphatic rings. The third-order valence-electron chi connectivity index (χ3n) is 4.43. The summed E-state index contributed by atoms with van der Waals surface area (Å²) in [6.45, 7) is 2.89. The van der Waals surface area contributed by atoms with Gasteiger partial charge in [-0.15, -0.1) is 0 Å². The van der Waals surface area contributed by atoms with Crippen LogP contribution in [-0.4, -0.2) is 57.1 Å². The normalized spacial score (nSPS) is 10.6. The summed E-state index contributed by atoms with van der Waals surface area (Å²) in [5.74, 6) is 0.753. The van der Waals surface area contributed by atoms with Gasteiger partial charge in [-0.2, -0.15) is 0 Å². The molecule has 1 N–H and O–H groups in total. The van der Waals surface area contributed by atoms with E-state index >= 15 is 0 Å². The molecule has 0 atom stereocenters. The molecule has 2 rings (SSSR count). The molecule has 30 heavy (non-hydrogen) atoms. The van der Waals surface area contributed by atoms with Crippen molar-refractivity contribution in [2.45, 2.75) is 13.5 Å². The minimum atomic E-state index is -0.458. The highest BCUT2D eigenvalue weighted by Crippen LogP contribution is 2.38. The molecule has 9 heteroatoms. The quantitative estimate of drug-likeness (QED) is 0.469. The Hall–Kier alpha value is -3.33. The van der Waals surface area contributed by atoms with Gasteiger partial charge < -0.3 is 24.6 Å². The van der Waals surface area contributed by atoms with Gasteiger partial charge in [-0.3, -0.25) is 14.9 Å². The largest absolute Gasteiger partial charge is 0.497 e. The number of carbonyl (C=O) groups excluding carboxylic acids is 1. The Kier molecular flexibility index (Phi) is 7.99. The van der Waals surface area contributed by atoms with Crippen LogP contribution in [0, 0.1) is 10.1 Å². The fraction of sp³-hybridized carbons (Fsp3) is 0.381. The third kappa shape index (κ3) is 6.35. The van der Waals surface area contributed by atoms with Crippen molar-refractivity contribution in [3.05, 3.63) is 52.1 Å². The van der Waals surface area contributed by atoms with Crippen molar-refractivity contribution in [2.75, 3.05) is 51.6 Å². The molecule has 0 spiro atoms. The van der Waals surface area contributed by atoms with E-state index in [1.165, 1.54) is 13.0 Å². The number of methoxy groups -OCH3 is 1. The molecule has 9 nitrogen and oxygen atoms in total. The lowest BCUT2D eigenvalue weighted by Crippen LogP contribution is -2.29. The molecule has 2 aromatic carbocycles. The first-order chi connectivity index (χ1) is 14.2. The Morgan fingerprint density at radius 3 is 2.33 bits per heavy atom. The number of carbonyl (C=O) groups is 1. The van der Waals surface area contributed by atoms with Gasteiger partial charge in [0.2, 0.25) is 5.91 Å². The van der Waals surface area contributed by atoms with Gasteiger partial charge in [-0.1, -0.05) is 12.1 Å². The fourth-order valence-electron chi connectivity index (χ4n) is 2.77. The Bertz CT molecular complexity index is 884. The Labute approximate surface area is 176 Å². The summed E-state index contributed by atoms with van der Waals surface area (Å²) in [7, 11) is 7.25. The van der Waals surface area contributed by atoms with Gasteiger partial charge >= 0.3 is 0 Å². The Morgan fingerprint density at radius 2 is 1.80 bits per heavy atom. The summed E-state index contributed by atoms with van der Waals surface area (Å²) < 4.78 is 11.1. The number of rotatable bonds is 10. The number of nitrogens with zero attached hydrogens (tertiary/aromatic N) is 3. The van der Waals surface area contributed by atoms with Crippen molar-refractivity contribution in [2.24, 2.45) is 0 Å². The number of amides is 1. The molecule has 0 saturated carbocycles. The molecule has 0 fully saturated rings. The second kappa shape index (κ2) is 10.4. The first kappa shape index (κ1) is 23.0. The molecule has 0 saturated heterocycles. The molecule has 0 heterocycles. The van der Waals surface area contributed by atoms with E-state index in [4.69, 9.17) is 9.47 Å². The van der Waals surface area contributed by atoms with E-state index in [1.807, 2.05) is 43.3 Å².